The van der Waals surface area contributed by atoms with E-state index in [9.17, 15) is 9.50 Å². The van der Waals surface area contributed by atoms with Gasteiger partial charge in [0.15, 0.2) is 0 Å². The number of aliphatic hydroxyl groups excluding tert-OH is 1. The van der Waals surface area contributed by atoms with E-state index >= 15 is 0 Å². The number of benzene rings is 1. The fourth-order valence-corrected chi connectivity index (χ4v) is 2.54. The molecular formula is C15H20FN3O. The van der Waals surface area contributed by atoms with Gasteiger partial charge in [0, 0.05) is 39.3 Å². The molecule has 0 spiro atoms. The Hall–Kier alpha value is -1.48. The Labute approximate surface area is 119 Å². The molecule has 20 heavy (non-hydrogen) atoms. The number of piperazine rings is 1. The molecule has 0 radical (unpaired) electrons. The highest BCUT2D eigenvalue weighted by Gasteiger charge is 2.18. The molecule has 0 saturated carbocycles. The lowest BCUT2D eigenvalue weighted by Gasteiger charge is -2.35. The van der Waals surface area contributed by atoms with Crippen molar-refractivity contribution in [3.05, 3.63) is 35.1 Å². The SMILES string of the molecule is CC(O)CN1CCN(Cc2ccc(F)cc2C#N)CC1. The van der Waals surface area contributed by atoms with E-state index in [0.717, 1.165) is 31.7 Å². The fraction of sp³-hybridized carbons (Fsp3) is 0.533. The molecule has 1 fully saturated rings. The number of β-amino-alcohol motifs (C(OH)–C–C–N with tert-alkyl or cyclic N) is 1. The third-order valence-corrected chi connectivity index (χ3v) is 3.57. The summed E-state index contributed by atoms with van der Waals surface area (Å²) < 4.78 is 13.1. The summed E-state index contributed by atoms with van der Waals surface area (Å²) in [6.07, 6.45) is -0.302. The smallest absolute Gasteiger partial charge is 0.124 e. The van der Waals surface area contributed by atoms with Crippen LogP contribution < -0.4 is 0 Å². The molecule has 1 aliphatic rings. The third-order valence-electron chi connectivity index (χ3n) is 3.57. The molecule has 5 heteroatoms. The molecule has 2 rings (SSSR count). The topological polar surface area (TPSA) is 50.5 Å². The molecule has 1 aromatic rings. The van der Waals surface area contributed by atoms with E-state index in [1.165, 1.54) is 12.1 Å². The van der Waals surface area contributed by atoms with Gasteiger partial charge in [0.2, 0.25) is 0 Å². The van der Waals surface area contributed by atoms with Crippen molar-refractivity contribution >= 4 is 0 Å². The van der Waals surface area contributed by atoms with E-state index in [4.69, 9.17) is 5.26 Å². The zero-order valence-electron chi connectivity index (χ0n) is 11.7. The van der Waals surface area contributed by atoms with Gasteiger partial charge in [-0.15, -0.1) is 0 Å². The standard InChI is InChI=1S/C15H20FN3O/c1-12(20)10-18-4-6-19(7-5-18)11-13-2-3-15(16)8-14(13)9-17/h2-3,8,12,20H,4-7,10-11H2,1H3. The van der Waals surface area contributed by atoms with Crippen LogP contribution in [0.5, 0.6) is 0 Å². The molecule has 1 heterocycles. The zero-order valence-corrected chi connectivity index (χ0v) is 11.7. The summed E-state index contributed by atoms with van der Waals surface area (Å²) in [7, 11) is 0. The second-order valence-electron chi connectivity index (χ2n) is 5.34. The lowest BCUT2D eigenvalue weighted by molar-refractivity contribution is 0.0780. The second-order valence-corrected chi connectivity index (χ2v) is 5.34. The van der Waals surface area contributed by atoms with E-state index in [0.29, 0.717) is 18.7 Å². The fourth-order valence-electron chi connectivity index (χ4n) is 2.54. The Balaban J connectivity index is 1.91. The quantitative estimate of drug-likeness (QED) is 0.898. The highest BCUT2D eigenvalue weighted by Crippen LogP contribution is 2.14. The van der Waals surface area contributed by atoms with E-state index in [2.05, 4.69) is 15.9 Å². The number of rotatable bonds is 4. The summed E-state index contributed by atoms with van der Waals surface area (Å²) in [5.74, 6) is -0.368. The van der Waals surface area contributed by atoms with Gasteiger partial charge in [0.1, 0.15) is 5.82 Å². The van der Waals surface area contributed by atoms with Crippen molar-refractivity contribution in [1.82, 2.24) is 9.80 Å². The van der Waals surface area contributed by atoms with Crippen LogP contribution in [0.2, 0.25) is 0 Å². The Bertz CT molecular complexity index is 490. The Morgan fingerprint density at radius 2 is 1.95 bits per heavy atom. The van der Waals surface area contributed by atoms with Crippen molar-refractivity contribution in [2.45, 2.75) is 19.6 Å². The van der Waals surface area contributed by atoms with Crippen LogP contribution in [0, 0.1) is 17.1 Å². The van der Waals surface area contributed by atoms with Gasteiger partial charge >= 0.3 is 0 Å². The zero-order chi connectivity index (χ0) is 14.5. The number of hydrogen-bond donors (Lipinski definition) is 1. The van der Waals surface area contributed by atoms with Crippen molar-refractivity contribution in [2.24, 2.45) is 0 Å². The molecule has 1 unspecified atom stereocenters. The van der Waals surface area contributed by atoms with Crippen molar-refractivity contribution in [3.63, 3.8) is 0 Å². The van der Waals surface area contributed by atoms with Crippen LogP contribution >= 0.6 is 0 Å². The average Bonchev–Trinajstić information content (AvgIpc) is 2.42. The first kappa shape index (κ1) is 14.9. The molecular weight excluding hydrogens is 257 g/mol. The molecule has 0 bridgehead atoms. The molecule has 1 N–H and O–H groups in total. The van der Waals surface area contributed by atoms with Crippen LogP contribution in [0.4, 0.5) is 4.39 Å². The van der Waals surface area contributed by atoms with Crippen molar-refractivity contribution in [2.75, 3.05) is 32.7 Å². The first-order chi connectivity index (χ1) is 9.58. The molecule has 4 nitrogen and oxygen atoms in total. The molecule has 1 aliphatic heterocycles. The average molecular weight is 277 g/mol. The van der Waals surface area contributed by atoms with Gasteiger partial charge in [-0.3, -0.25) is 9.80 Å². The van der Waals surface area contributed by atoms with Crippen molar-refractivity contribution in [1.29, 1.82) is 5.26 Å². The van der Waals surface area contributed by atoms with Crippen LogP contribution in [-0.2, 0) is 6.54 Å². The minimum atomic E-state index is -0.368. The summed E-state index contributed by atoms with van der Waals surface area (Å²) >= 11 is 0. The lowest BCUT2D eigenvalue weighted by atomic mass is 10.1. The van der Waals surface area contributed by atoms with Crippen LogP contribution in [0.15, 0.2) is 18.2 Å². The molecule has 1 aromatic carbocycles. The maximum Gasteiger partial charge on any atom is 0.124 e. The Morgan fingerprint density at radius 3 is 2.55 bits per heavy atom. The normalized spacial score (nSPS) is 18.7. The van der Waals surface area contributed by atoms with Gasteiger partial charge in [-0.2, -0.15) is 5.26 Å². The highest BCUT2D eigenvalue weighted by molar-refractivity contribution is 5.37. The molecule has 1 saturated heterocycles. The van der Waals surface area contributed by atoms with E-state index in [1.54, 1.807) is 13.0 Å². The van der Waals surface area contributed by atoms with Crippen molar-refractivity contribution in [3.8, 4) is 6.07 Å². The first-order valence-electron chi connectivity index (χ1n) is 6.90. The van der Waals surface area contributed by atoms with Gasteiger partial charge in [-0.1, -0.05) is 6.07 Å². The van der Waals surface area contributed by atoms with Crippen LogP contribution in [0.3, 0.4) is 0 Å². The summed E-state index contributed by atoms with van der Waals surface area (Å²) in [4.78, 5) is 4.49. The number of hydrogen-bond acceptors (Lipinski definition) is 4. The second kappa shape index (κ2) is 6.80. The van der Waals surface area contributed by atoms with Crippen LogP contribution in [0.1, 0.15) is 18.1 Å². The molecule has 108 valence electrons. The summed E-state index contributed by atoms with van der Waals surface area (Å²) in [6.45, 7) is 6.79. The third kappa shape index (κ3) is 4.01. The maximum atomic E-state index is 13.1. The predicted molar refractivity (Wildman–Crippen MR) is 74.5 cm³/mol. The van der Waals surface area contributed by atoms with Crippen molar-refractivity contribution < 1.29 is 9.50 Å². The largest absolute Gasteiger partial charge is 0.392 e. The van der Waals surface area contributed by atoms with Gasteiger partial charge in [-0.05, 0) is 24.6 Å². The highest BCUT2D eigenvalue weighted by atomic mass is 19.1. The van der Waals surface area contributed by atoms with Gasteiger partial charge in [0.05, 0.1) is 17.7 Å². The van der Waals surface area contributed by atoms with E-state index in [1.807, 2.05) is 0 Å². The lowest BCUT2D eigenvalue weighted by Crippen LogP contribution is -2.47. The predicted octanol–water partition coefficient (Wildman–Crippen LogP) is 1.20. The molecule has 0 aromatic heterocycles. The first-order valence-corrected chi connectivity index (χ1v) is 6.90. The minimum absolute atomic E-state index is 0.302. The number of halogens is 1. The van der Waals surface area contributed by atoms with E-state index in [-0.39, 0.29) is 11.9 Å². The molecule has 0 aliphatic carbocycles. The van der Waals surface area contributed by atoms with Gasteiger partial charge < -0.3 is 5.11 Å². The van der Waals surface area contributed by atoms with Crippen LogP contribution in [0.25, 0.3) is 0 Å². The number of nitriles is 1. The summed E-state index contributed by atoms with van der Waals surface area (Å²) in [5, 5.41) is 18.4. The summed E-state index contributed by atoms with van der Waals surface area (Å²) in [6, 6.07) is 6.43. The Kier molecular flexibility index (Phi) is 5.07. The summed E-state index contributed by atoms with van der Waals surface area (Å²) in [5.41, 5.74) is 1.29. The maximum absolute atomic E-state index is 13.1. The van der Waals surface area contributed by atoms with Crippen LogP contribution in [-0.4, -0.2) is 53.7 Å². The molecule has 0 amide bonds. The number of nitrogens with zero attached hydrogens (tertiary/aromatic N) is 3. The molecule has 1 atom stereocenters. The van der Waals surface area contributed by atoms with E-state index < -0.39 is 0 Å². The Morgan fingerprint density at radius 1 is 1.30 bits per heavy atom. The monoisotopic (exact) mass is 277 g/mol. The van der Waals surface area contributed by atoms with Gasteiger partial charge in [-0.25, -0.2) is 4.39 Å². The number of aliphatic hydroxyl groups is 1. The minimum Gasteiger partial charge on any atom is -0.392 e. The van der Waals surface area contributed by atoms with Gasteiger partial charge in [0.25, 0.3) is 0 Å².